The van der Waals surface area contributed by atoms with Gasteiger partial charge in [0.05, 0.1) is 11.0 Å². The Bertz CT molecular complexity index is 498. The largest absolute Gasteiger partial charge is 0.363 e. The van der Waals surface area contributed by atoms with E-state index in [0.717, 1.165) is 17.7 Å². The van der Waals surface area contributed by atoms with Crippen LogP contribution in [0.25, 0.3) is 0 Å². The summed E-state index contributed by atoms with van der Waals surface area (Å²) in [5.74, 6) is -0.0817. The highest BCUT2D eigenvalue weighted by atomic mass is 32.1. The smallest absolute Gasteiger partial charge is 0.261 e. The molecule has 110 valence electrons. The van der Waals surface area contributed by atoms with Crippen molar-refractivity contribution in [2.75, 3.05) is 20.6 Å². The first-order chi connectivity index (χ1) is 9.47. The third-order valence-corrected chi connectivity index (χ3v) is 4.28. The van der Waals surface area contributed by atoms with Crippen LogP contribution in [0.2, 0.25) is 0 Å². The van der Waals surface area contributed by atoms with Crippen molar-refractivity contribution in [2.45, 2.75) is 32.0 Å². The zero-order valence-corrected chi connectivity index (χ0v) is 12.8. The van der Waals surface area contributed by atoms with Gasteiger partial charge in [0, 0.05) is 25.5 Å². The van der Waals surface area contributed by atoms with Crippen molar-refractivity contribution in [3.05, 3.63) is 21.9 Å². The molecule has 0 spiro atoms. The predicted octanol–water partition coefficient (Wildman–Crippen LogP) is 1.42. The third-order valence-electron chi connectivity index (χ3n) is 3.28. The van der Waals surface area contributed by atoms with Crippen molar-refractivity contribution in [1.82, 2.24) is 10.2 Å². The van der Waals surface area contributed by atoms with E-state index in [0.29, 0.717) is 11.4 Å². The molecule has 1 aromatic heterocycles. The summed E-state index contributed by atoms with van der Waals surface area (Å²) in [6.07, 6.45) is 1.08. The molecule has 0 saturated carbocycles. The van der Waals surface area contributed by atoms with Crippen molar-refractivity contribution in [3.8, 4) is 0 Å². The highest BCUT2D eigenvalue weighted by Gasteiger charge is 2.31. The van der Waals surface area contributed by atoms with Crippen LogP contribution in [0.15, 0.2) is 12.1 Å². The van der Waals surface area contributed by atoms with Gasteiger partial charge in [-0.1, -0.05) is 0 Å². The van der Waals surface area contributed by atoms with E-state index < -0.39 is 0 Å². The quantitative estimate of drug-likeness (QED) is 0.914. The number of carbonyl (C=O) groups is 2. The molecule has 1 N–H and O–H groups in total. The molecule has 1 saturated heterocycles. The lowest BCUT2D eigenvalue weighted by Gasteiger charge is -2.17. The number of carbonyl (C=O) groups excluding carboxylic acids is 2. The van der Waals surface area contributed by atoms with E-state index in [-0.39, 0.29) is 24.0 Å². The van der Waals surface area contributed by atoms with E-state index in [1.54, 1.807) is 19.0 Å². The molecule has 1 aliphatic heterocycles. The van der Waals surface area contributed by atoms with Crippen molar-refractivity contribution < 1.29 is 14.3 Å². The molecule has 0 aliphatic carbocycles. The molecule has 1 aliphatic rings. The molecule has 0 radical (unpaired) electrons. The Hall–Kier alpha value is -1.40. The van der Waals surface area contributed by atoms with Gasteiger partial charge in [0.25, 0.3) is 11.8 Å². The van der Waals surface area contributed by atoms with Crippen LogP contribution in [-0.2, 0) is 9.53 Å². The average Bonchev–Trinajstić information content (AvgIpc) is 3.03. The van der Waals surface area contributed by atoms with Crippen LogP contribution in [0.4, 0.5) is 0 Å². The second-order valence-electron chi connectivity index (χ2n) is 5.18. The second-order valence-corrected chi connectivity index (χ2v) is 6.46. The van der Waals surface area contributed by atoms with Crippen LogP contribution >= 0.6 is 11.3 Å². The van der Waals surface area contributed by atoms with Gasteiger partial charge in [-0.05, 0) is 31.9 Å². The SMILES string of the molecule is Cc1ccc(C(=O)NC[C@H]2CC[C@H](C(=O)N(C)C)O2)s1. The summed E-state index contributed by atoms with van der Waals surface area (Å²) in [6, 6.07) is 3.75. The van der Waals surface area contributed by atoms with Crippen LogP contribution in [0.5, 0.6) is 0 Å². The lowest BCUT2D eigenvalue weighted by Crippen LogP contribution is -2.36. The average molecular weight is 296 g/mol. The molecule has 1 fully saturated rings. The monoisotopic (exact) mass is 296 g/mol. The maximum Gasteiger partial charge on any atom is 0.261 e. The molecular weight excluding hydrogens is 276 g/mol. The molecule has 6 heteroatoms. The second kappa shape index (κ2) is 6.37. The zero-order chi connectivity index (χ0) is 14.7. The standard InChI is InChI=1S/C14H20N2O3S/c1-9-4-7-12(20-9)13(17)15-8-10-5-6-11(19-10)14(18)16(2)3/h4,7,10-11H,5-6,8H2,1-3H3,(H,15,17)/t10-,11-/m1/s1. The van der Waals surface area contributed by atoms with Crippen LogP contribution in [-0.4, -0.2) is 49.6 Å². The van der Waals surface area contributed by atoms with Gasteiger partial charge < -0.3 is 15.0 Å². The van der Waals surface area contributed by atoms with Gasteiger partial charge in [-0.3, -0.25) is 9.59 Å². The highest BCUT2D eigenvalue weighted by Crippen LogP contribution is 2.21. The molecule has 2 amide bonds. The molecule has 20 heavy (non-hydrogen) atoms. The zero-order valence-electron chi connectivity index (χ0n) is 12.0. The van der Waals surface area contributed by atoms with E-state index in [9.17, 15) is 9.59 Å². The molecule has 0 bridgehead atoms. The summed E-state index contributed by atoms with van der Waals surface area (Å²) in [6.45, 7) is 2.42. The Labute approximate surface area is 122 Å². The number of likely N-dealkylation sites (N-methyl/N-ethyl adjacent to an activating group) is 1. The molecule has 1 aromatic rings. The first kappa shape index (κ1) is 15.0. The minimum Gasteiger partial charge on any atom is -0.363 e. The number of nitrogens with zero attached hydrogens (tertiary/aromatic N) is 1. The number of nitrogens with one attached hydrogen (secondary N) is 1. The van der Waals surface area contributed by atoms with E-state index in [1.165, 1.54) is 11.3 Å². The lowest BCUT2D eigenvalue weighted by atomic mass is 10.2. The number of thiophene rings is 1. The first-order valence-electron chi connectivity index (χ1n) is 6.68. The van der Waals surface area contributed by atoms with Gasteiger partial charge in [-0.2, -0.15) is 0 Å². The summed E-state index contributed by atoms with van der Waals surface area (Å²) >= 11 is 1.47. The summed E-state index contributed by atoms with van der Waals surface area (Å²) in [5, 5.41) is 2.86. The summed E-state index contributed by atoms with van der Waals surface area (Å²) in [4.78, 5) is 27.0. The van der Waals surface area contributed by atoms with Crippen molar-refractivity contribution in [3.63, 3.8) is 0 Å². The third kappa shape index (κ3) is 3.58. The summed E-state index contributed by atoms with van der Waals surface area (Å²) in [7, 11) is 3.44. The van der Waals surface area contributed by atoms with Crippen LogP contribution in [0.3, 0.4) is 0 Å². The maximum absolute atomic E-state index is 11.9. The van der Waals surface area contributed by atoms with Crippen LogP contribution in [0, 0.1) is 6.92 Å². The van der Waals surface area contributed by atoms with E-state index >= 15 is 0 Å². The summed E-state index contributed by atoms with van der Waals surface area (Å²) in [5.41, 5.74) is 0. The van der Waals surface area contributed by atoms with Gasteiger partial charge in [0.15, 0.2) is 0 Å². The Kier molecular flexibility index (Phi) is 4.77. The number of hydrogen-bond acceptors (Lipinski definition) is 4. The number of hydrogen-bond donors (Lipinski definition) is 1. The molecule has 0 aromatic carbocycles. The van der Waals surface area contributed by atoms with Crippen molar-refractivity contribution in [2.24, 2.45) is 0 Å². The summed E-state index contributed by atoms with van der Waals surface area (Å²) < 4.78 is 5.67. The van der Waals surface area contributed by atoms with Gasteiger partial charge in [-0.15, -0.1) is 11.3 Å². The van der Waals surface area contributed by atoms with Gasteiger partial charge in [0.2, 0.25) is 0 Å². The van der Waals surface area contributed by atoms with Gasteiger partial charge >= 0.3 is 0 Å². The number of amides is 2. The fraction of sp³-hybridized carbons (Fsp3) is 0.571. The van der Waals surface area contributed by atoms with E-state index in [1.807, 2.05) is 19.1 Å². The fourth-order valence-electron chi connectivity index (χ4n) is 2.18. The Morgan fingerprint density at radius 2 is 2.15 bits per heavy atom. The number of aryl methyl sites for hydroxylation is 1. The lowest BCUT2D eigenvalue weighted by molar-refractivity contribution is -0.140. The maximum atomic E-state index is 11.9. The predicted molar refractivity (Wildman–Crippen MR) is 78.0 cm³/mol. The van der Waals surface area contributed by atoms with E-state index in [4.69, 9.17) is 4.74 Å². The molecule has 2 rings (SSSR count). The number of rotatable bonds is 4. The topological polar surface area (TPSA) is 58.6 Å². The molecule has 0 unspecified atom stereocenters. The minimum absolute atomic E-state index is 0.00675. The molecule has 5 nitrogen and oxygen atoms in total. The molecule has 2 heterocycles. The number of ether oxygens (including phenoxy) is 1. The fourth-order valence-corrected chi connectivity index (χ4v) is 2.96. The normalized spacial score (nSPS) is 21.8. The Morgan fingerprint density at radius 3 is 2.75 bits per heavy atom. The minimum atomic E-state index is -0.365. The van der Waals surface area contributed by atoms with E-state index in [2.05, 4.69) is 5.32 Å². The van der Waals surface area contributed by atoms with Gasteiger partial charge in [0.1, 0.15) is 6.10 Å². The van der Waals surface area contributed by atoms with Crippen LogP contribution in [0.1, 0.15) is 27.4 Å². The van der Waals surface area contributed by atoms with Crippen LogP contribution < -0.4 is 5.32 Å². The molecular formula is C14H20N2O3S. The van der Waals surface area contributed by atoms with Crippen molar-refractivity contribution in [1.29, 1.82) is 0 Å². The van der Waals surface area contributed by atoms with Gasteiger partial charge in [-0.25, -0.2) is 0 Å². The Morgan fingerprint density at radius 1 is 1.40 bits per heavy atom. The Balaban J connectivity index is 1.78. The van der Waals surface area contributed by atoms with Crippen molar-refractivity contribution >= 4 is 23.2 Å². The highest BCUT2D eigenvalue weighted by molar-refractivity contribution is 7.13. The first-order valence-corrected chi connectivity index (χ1v) is 7.50. The molecule has 2 atom stereocenters.